The van der Waals surface area contributed by atoms with Gasteiger partial charge in [0, 0.05) is 5.41 Å². The standard InChI is InChI=1S/C27H42N2/c1-7-28(3,4)21-13-19-27(20-14-22-29(5,6)8-2)25-17-11-9-15-23(25)24-16-10-12-18-26(24)27/h9-12,15-18H,7-8,13-14,19-22H2,1-6H3/q+2. The second-order valence-electron chi connectivity index (χ2n) is 10.3. The van der Waals surface area contributed by atoms with Crippen LogP contribution in [0.25, 0.3) is 11.1 Å². The first-order valence-corrected chi connectivity index (χ1v) is 11.6. The summed E-state index contributed by atoms with van der Waals surface area (Å²) in [5.41, 5.74) is 6.26. The van der Waals surface area contributed by atoms with E-state index in [4.69, 9.17) is 0 Å². The van der Waals surface area contributed by atoms with E-state index in [-0.39, 0.29) is 5.41 Å². The highest BCUT2D eigenvalue weighted by atomic mass is 15.3. The summed E-state index contributed by atoms with van der Waals surface area (Å²) < 4.78 is 2.22. The molecule has 29 heavy (non-hydrogen) atoms. The summed E-state index contributed by atoms with van der Waals surface area (Å²) >= 11 is 0. The molecule has 3 rings (SSSR count). The third kappa shape index (κ3) is 4.59. The van der Waals surface area contributed by atoms with E-state index in [1.54, 1.807) is 11.1 Å². The van der Waals surface area contributed by atoms with E-state index >= 15 is 0 Å². The Labute approximate surface area is 179 Å². The van der Waals surface area contributed by atoms with Gasteiger partial charge in [-0.25, -0.2) is 0 Å². The smallest absolute Gasteiger partial charge is 0.0782 e. The van der Waals surface area contributed by atoms with Crippen LogP contribution in [0.2, 0.25) is 0 Å². The van der Waals surface area contributed by atoms with Gasteiger partial charge in [-0.1, -0.05) is 48.5 Å². The summed E-state index contributed by atoms with van der Waals surface area (Å²) in [6, 6.07) is 18.4. The Bertz CT molecular complexity index is 749. The quantitative estimate of drug-likeness (QED) is 0.453. The molecule has 2 aromatic carbocycles. The topological polar surface area (TPSA) is 0 Å². The van der Waals surface area contributed by atoms with Crippen LogP contribution in [0.15, 0.2) is 48.5 Å². The first-order valence-electron chi connectivity index (χ1n) is 11.6. The molecule has 0 spiro atoms. The number of rotatable bonds is 10. The van der Waals surface area contributed by atoms with Crippen molar-refractivity contribution in [3.8, 4) is 11.1 Å². The van der Waals surface area contributed by atoms with Crippen molar-refractivity contribution in [2.24, 2.45) is 0 Å². The van der Waals surface area contributed by atoms with Crippen molar-refractivity contribution >= 4 is 0 Å². The third-order valence-corrected chi connectivity index (χ3v) is 7.62. The Balaban J connectivity index is 1.94. The van der Waals surface area contributed by atoms with Crippen LogP contribution in [0.4, 0.5) is 0 Å². The molecule has 158 valence electrons. The van der Waals surface area contributed by atoms with Gasteiger partial charge in [-0.2, -0.15) is 0 Å². The van der Waals surface area contributed by atoms with Gasteiger partial charge >= 0.3 is 0 Å². The van der Waals surface area contributed by atoms with Crippen LogP contribution in [-0.2, 0) is 5.41 Å². The normalized spacial score (nSPS) is 15.2. The van der Waals surface area contributed by atoms with Crippen LogP contribution >= 0.6 is 0 Å². The van der Waals surface area contributed by atoms with E-state index in [0.717, 1.165) is 8.97 Å². The molecular formula is C27H42N2+2. The average Bonchev–Trinajstić information content (AvgIpc) is 2.99. The van der Waals surface area contributed by atoms with Gasteiger partial charge in [0.25, 0.3) is 0 Å². The van der Waals surface area contributed by atoms with Gasteiger partial charge < -0.3 is 8.97 Å². The Morgan fingerprint density at radius 3 is 1.38 bits per heavy atom. The summed E-state index contributed by atoms with van der Waals surface area (Å²) in [4.78, 5) is 0. The highest BCUT2D eigenvalue weighted by molar-refractivity contribution is 5.80. The van der Waals surface area contributed by atoms with Crippen molar-refractivity contribution in [1.82, 2.24) is 0 Å². The van der Waals surface area contributed by atoms with E-state index in [0.29, 0.717) is 0 Å². The zero-order valence-electron chi connectivity index (χ0n) is 19.7. The summed E-state index contributed by atoms with van der Waals surface area (Å²) in [5.74, 6) is 0. The van der Waals surface area contributed by atoms with Crippen molar-refractivity contribution in [1.29, 1.82) is 0 Å². The SMILES string of the molecule is CC[N+](C)(C)CCCC1(CCC[N+](C)(C)CC)c2ccccc2-c2ccccc21. The van der Waals surface area contributed by atoms with Gasteiger partial charge in [-0.05, 0) is 61.8 Å². The molecule has 1 aliphatic carbocycles. The molecule has 2 heteroatoms. The molecule has 0 radical (unpaired) electrons. The molecule has 0 saturated heterocycles. The number of hydrogen-bond acceptors (Lipinski definition) is 0. The minimum absolute atomic E-state index is 0.175. The lowest BCUT2D eigenvalue weighted by Crippen LogP contribution is -2.42. The molecule has 0 saturated carbocycles. The summed E-state index contributed by atoms with van der Waals surface area (Å²) in [6.45, 7) is 9.50. The van der Waals surface area contributed by atoms with Crippen molar-refractivity contribution in [2.45, 2.75) is 44.9 Å². The maximum atomic E-state index is 2.41. The van der Waals surface area contributed by atoms with E-state index in [9.17, 15) is 0 Å². The fraction of sp³-hybridized carbons (Fsp3) is 0.556. The van der Waals surface area contributed by atoms with Gasteiger partial charge in [0.05, 0.1) is 54.4 Å². The van der Waals surface area contributed by atoms with Crippen LogP contribution in [0.5, 0.6) is 0 Å². The second kappa shape index (κ2) is 8.62. The maximum Gasteiger partial charge on any atom is 0.0782 e. The minimum atomic E-state index is 0.175. The molecule has 0 N–H and O–H groups in total. The van der Waals surface area contributed by atoms with Crippen LogP contribution < -0.4 is 0 Å². The van der Waals surface area contributed by atoms with Crippen LogP contribution in [-0.4, -0.2) is 63.3 Å². The van der Waals surface area contributed by atoms with Gasteiger partial charge in [-0.15, -0.1) is 0 Å². The lowest BCUT2D eigenvalue weighted by atomic mass is 9.71. The number of hydrogen-bond donors (Lipinski definition) is 0. The number of quaternary nitrogens is 2. The Morgan fingerprint density at radius 2 is 1.00 bits per heavy atom. The van der Waals surface area contributed by atoms with Crippen molar-refractivity contribution < 1.29 is 8.97 Å². The Kier molecular flexibility index (Phi) is 6.55. The molecule has 0 unspecified atom stereocenters. The molecular weight excluding hydrogens is 352 g/mol. The molecule has 2 aromatic rings. The number of nitrogens with zero attached hydrogens (tertiary/aromatic N) is 2. The second-order valence-corrected chi connectivity index (χ2v) is 10.3. The Hall–Kier alpha value is -1.64. The van der Waals surface area contributed by atoms with Gasteiger partial charge in [0.15, 0.2) is 0 Å². The molecule has 0 amide bonds. The predicted octanol–water partition coefficient (Wildman–Crippen LogP) is 5.71. The zero-order valence-corrected chi connectivity index (χ0v) is 19.7. The van der Waals surface area contributed by atoms with E-state index in [1.165, 1.54) is 63.0 Å². The molecule has 1 aliphatic rings. The third-order valence-electron chi connectivity index (χ3n) is 7.62. The first kappa shape index (κ1) is 22.1. The molecule has 0 atom stereocenters. The summed E-state index contributed by atoms with van der Waals surface area (Å²) in [7, 11) is 9.46. The molecule has 0 fully saturated rings. The zero-order chi connectivity index (χ0) is 21.1. The average molecular weight is 395 g/mol. The van der Waals surface area contributed by atoms with Gasteiger partial charge in [0.1, 0.15) is 0 Å². The fourth-order valence-electron chi connectivity index (χ4n) is 5.01. The van der Waals surface area contributed by atoms with E-state index in [1.807, 2.05) is 0 Å². The predicted molar refractivity (Wildman–Crippen MR) is 126 cm³/mol. The van der Waals surface area contributed by atoms with Crippen LogP contribution in [0.1, 0.15) is 50.7 Å². The monoisotopic (exact) mass is 394 g/mol. The van der Waals surface area contributed by atoms with Crippen LogP contribution in [0.3, 0.4) is 0 Å². The van der Waals surface area contributed by atoms with Crippen molar-refractivity contribution in [2.75, 3.05) is 54.4 Å². The number of benzene rings is 2. The van der Waals surface area contributed by atoms with Gasteiger partial charge in [-0.3, -0.25) is 0 Å². The van der Waals surface area contributed by atoms with Crippen molar-refractivity contribution in [3.63, 3.8) is 0 Å². The lowest BCUT2D eigenvalue weighted by Gasteiger charge is -2.36. The summed E-state index contributed by atoms with van der Waals surface area (Å²) in [5, 5.41) is 0. The molecule has 0 heterocycles. The molecule has 0 bridgehead atoms. The van der Waals surface area contributed by atoms with E-state index < -0.39 is 0 Å². The van der Waals surface area contributed by atoms with Crippen molar-refractivity contribution in [3.05, 3.63) is 59.7 Å². The Morgan fingerprint density at radius 1 is 0.621 bits per heavy atom. The van der Waals surface area contributed by atoms with Gasteiger partial charge in [0.2, 0.25) is 0 Å². The first-order chi connectivity index (χ1) is 13.7. The maximum absolute atomic E-state index is 2.41. The largest absolute Gasteiger partial charge is 0.329 e. The lowest BCUT2D eigenvalue weighted by molar-refractivity contribution is -0.889. The number of fused-ring (bicyclic) bond motifs is 3. The molecule has 0 aliphatic heterocycles. The summed E-state index contributed by atoms with van der Waals surface area (Å²) in [6.07, 6.45) is 5.05. The highest BCUT2D eigenvalue weighted by Gasteiger charge is 2.42. The van der Waals surface area contributed by atoms with E-state index in [2.05, 4.69) is 90.6 Å². The molecule has 0 aromatic heterocycles. The molecule has 2 nitrogen and oxygen atoms in total. The highest BCUT2D eigenvalue weighted by Crippen LogP contribution is 2.53. The fourth-order valence-corrected chi connectivity index (χ4v) is 5.01. The van der Waals surface area contributed by atoms with Crippen LogP contribution in [0, 0.1) is 0 Å². The minimum Gasteiger partial charge on any atom is -0.329 e.